The van der Waals surface area contributed by atoms with Crippen LogP contribution in [-0.2, 0) is 46.5 Å². The maximum absolute atomic E-state index is 13.8. The molecule has 4 aliphatic heterocycles. The first-order valence-corrected chi connectivity index (χ1v) is 28.4. The molecule has 21 nitrogen and oxygen atoms in total. The molecule has 7 rings (SSSR count). The summed E-state index contributed by atoms with van der Waals surface area (Å²) in [6.45, 7) is 14.6. The molecule has 2 fully saturated rings. The minimum absolute atomic E-state index is 0.0152. The number of ether oxygens (including phenoxy) is 10. The zero-order chi connectivity index (χ0) is 57.9. The number of carbonyl (C=O) groups is 4. The lowest BCUT2D eigenvalue weighted by atomic mass is 10.1. The predicted octanol–water partition coefficient (Wildman–Crippen LogP) is 6.92. The van der Waals surface area contributed by atoms with Crippen molar-refractivity contribution >= 4 is 59.3 Å². The molecule has 4 aliphatic rings. The van der Waals surface area contributed by atoms with Gasteiger partial charge < -0.3 is 67.0 Å². The number of fused-ring (bicyclic) bond motifs is 4. The van der Waals surface area contributed by atoms with E-state index in [0.717, 1.165) is 12.8 Å². The van der Waals surface area contributed by atoms with E-state index in [9.17, 15) is 19.2 Å². The summed E-state index contributed by atoms with van der Waals surface area (Å²) in [5, 5.41) is 0. The average molecular weight is 1140 g/mol. The topological polar surface area (TPSA) is 211 Å². The minimum Gasteiger partial charge on any atom is -0.493 e. The summed E-state index contributed by atoms with van der Waals surface area (Å²) in [4.78, 5) is 73.7. The van der Waals surface area contributed by atoms with Crippen LogP contribution in [0.2, 0.25) is 0 Å². The van der Waals surface area contributed by atoms with Crippen LogP contribution in [0.3, 0.4) is 0 Å². The molecule has 5 heterocycles. The van der Waals surface area contributed by atoms with Crippen molar-refractivity contribution in [1.82, 2.24) is 24.6 Å². The molecular formula is C59H79N7O14S. The summed E-state index contributed by atoms with van der Waals surface area (Å²) in [5.41, 5.74) is 5.34. The monoisotopic (exact) mass is 1140 g/mol. The van der Waals surface area contributed by atoms with Gasteiger partial charge in [-0.1, -0.05) is 23.3 Å². The molecule has 0 bridgehead atoms. The van der Waals surface area contributed by atoms with Gasteiger partial charge in [-0.15, -0.1) is 11.8 Å². The Hall–Kier alpha value is -6.56. The van der Waals surface area contributed by atoms with Gasteiger partial charge in [0.15, 0.2) is 23.0 Å². The van der Waals surface area contributed by atoms with Crippen LogP contribution in [0.5, 0.6) is 28.7 Å². The van der Waals surface area contributed by atoms with Crippen LogP contribution < -0.4 is 23.7 Å². The molecular weight excluding hydrogens is 1060 g/mol. The predicted molar refractivity (Wildman–Crippen MR) is 309 cm³/mol. The molecule has 22 heteroatoms. The fourth-order valence-corrected chi connectivity index (χ4v) is 10.5. The van der Waals surface area contributed by atoms with E-state index >= 15 is 0 Å². The lowest BCUT2D eigenvalue weighted by Crippen LogP contribution is -2.38. The number of hydrogen-bond acceptors (Lipinski definition) is 19. The summed E-state index contributed by atoms with van der Waals surface area (Å²) >= 11 is 1.60. The first-order chi connectivity index (χ1) is 39.1. The maximum Gasteiger partial charge on any atom is 0.307 e. The highest BCUT2D eigenvalue weighted by molar-refractivity contribution is 8.01. The van der Waals surface area contributed by atoms with Gasteiger partial charge in [0.2, 0.25) is 5.91 Å². The average Bonchev–Trinajstić information content (AvgIpc) is 4.15. The van der Waals surface area contributed by atoms with Gasteiger partial charge in [0.25, 0.3) is 11.8 Å². The van der Waals surface area contributed by atoms with Crippen molar-refractivity contribution < 1.29 is 66.5 Å². The number of nitrogens with zero attached hydrogens (tertiary/aromatic N) is 7. The van der Waals surface area contributed by atoms with Gasteiger partial charge in [-0.05, 0) is 59.7 Å². The number of rotatable bonds is 32. The normalized spacial score (nSPS) is 17.5. The fourth-order valence-electron chi connectivity index (χ4n) is 9.49. The summed E-state index contributed by atoms with van der Waals surface area (Å²) in [7, 11) is 8.22. The van der Waals surface area contributed by atoms with E-state index in [2.05, 4.69) is 35.6 Å². The Morgan fingerprint density at radius 3 is 1.63 bits per heavy atom. The number of carbonyl (C=O) groups excluding carboxylic acids is 4. The third-order valence-corrected chi connectivity index (χ3v) is 15.4. The number of pyridine rings is 1. The number of amides is 3. The van der Waals surface area contributed by atoms with Crippen LogP contribution in [0, 0.1) is 0 Å². The number of hydrogen-bond donors (Lipinski definition) is 0. The molecule has 2 saturated heterocycles. The van der Waals surface area contributed by atoms with E-state index in [1.807, 2.05) is 55.3 Å². The van der Waals surface area contributed by atoms with Gasteiger partial charge in [0.05, 0.1) is 132 Å². The molecule has 1 unspecified atom stereocenters. The van der Waals surface area contributed by atoms with E-state index < -0.39 is 0 Å². The Bertz CT molecular complexity index is 2650. The number of aliphatic imine (C=N–C) groups is 2. The number of benzene rings is 2. The second-order valence-electron chi connectivity index (χ2n) is 20.5. The van der Waals surface area contributed by atoms with Crippen molar-refractivity contribution in [3.8, 4) is 28.7 Å². The van der Waals surface area contributed by atoms with Crippen molar-refractivity contribution in [3.63, 3.8) is 0 Å². The second-order valence-corrected chi connectivity index (χ2v) is 22.2. The third kappa shape index (κ3) is 17.7. The van der Waals surface area contributed by atoms with Gasteiger partial charge in [-0.3, -0.25) is 34.1 Å². The van der Waals surface area contributed by atoms with Crippen LogP contribution in [0.4, 0.5) is 11.4 Å². The first-order valence-electron chi connectivity index (χ1n) is 27.4. The van der Waals surface area contributed by atoms with Crippen molar-refractivity contribution in [3.05, 3.63) is 82.2 Å². The molecule has 2 atom stereocenters. The summed E-state index contributed by atoms with van der Waals surface area (Å²) in [6, 6.07) is 10.2. The number of allylic oxidation sites excluding steroid dienone is 2. The Morgan fingerprint density at radius 1 is 0.654 bits per heavy atom. The molecule has 2 aromatic carbocycles. The summed E-state index contributed by atoms with van der Waals surface area (Å²) in [6.07, 6.45) is 9.46. The lowest BCUT2D eigenvalue weighted by molar-refractivity contribution is -0.142. The van der Waals surface area contributed by atoms with Crippen LogP contribution in [0.1, 0.15) is 79.1 Å². The van der Waals surface area contributed by atoms with Gasteiger partial charge >= 0.3 is 5.97 Å². The molecule has 0 spiro atoms. The number of methoxy groups -OCH3 is 3. The third-order valence-electron chi connectivity index (χ3n) is 14.1. The standard InChI is InChI=1S/C59H79N7O14S/c1-10-40-24-44-32-60-49-30-53(51(71-7)28-47(49)57(69)65(44)34-40)79-36-42-26-46(27-43(62-42)37-80-54-31-50-48(29-52(54)72-8)58(70)66-35-41(11-2)25-45(66)33-61-50)78-17-13-63(5)39-59(3,4)81-38-55(67)64(6)14-16-75-19-21-77-23-22-76-20-18-74-15-12-56(68)73-9/h10-11,26-33,44-45H,12-25,34-39H2,1-9H3/b40-10+,41-11+/t44-,45?/m0/s1. The number of esters is 1. The molecule has 0 aliphatic carbocycles. The highest BCUT2D eigenvalue weighted by atomic mass is 32.2. The van der Waals surface area contributed by atoms with Crippen LogP contribution in [0.25, 0.3) is 0 Å². The van der Waals surface area contributed by atoms with E-state index in [0.29, 0.717) is 161 Å². The number of likely N-dealkylation sites (N-methyl/N-ethyl adjacent to an activating group) is 2. The first kappa shape index (κ1) is 62.0. The highest BCUT2D eigenvalue weighted by Gasteiger charge is 2.36. The van der Waals surface area contributed by atoms with Crippen LogP contribution in [0.15, 0.2) is 69.7 Å². The highest BCUT2D eigenvalue weighted by Crippen LogP contribution is 2.41. The van der Waals surface area contributed by atoms with E-state index in [1.165, 1.54) is 32.5 Å². The van der Waals surface area contributed by atoms with Crippen molar-refractivity contribution in [2.75, 3.05) is 133 Å². The summed E-state index contributed by atoms with van der Waals surface area (Å²) < 4.78 is 57.1. The fraction of sp³-hybridized carbons (Fsp3) is 0.542. The summed E-state index contributed by atoms with van der Waals surface area (Å²) in [5.74, 6) is 1.90. The zero-order valence-electron chi connectivity index (χ0n) is 48.3. The van der Waals surface area contributed by atoms with Crippen molar-refractivity contribution in [2.45, 2.75) is 77.0 Å². The van der Waals surface area contributed by atoms with Gasteiger partial charge in [0.1, 0.15) is 25.6 Å². The largest absolute Gasteiger partial charge is 0.493 e. The molecule has 0 N–H and O–H groups in total. The van der Waals surface area contributed by atoms with Crippen molar-refractivity contribution in [2.24, 2.45) is 9.98 Å². The van der Waals surface area contributed by atoms with E-state index in [4.69, 9.17) is 57.6 Å². The second kappa shape index (κ2) is 30.5. The molecule has 0 saturated carbocycles. The zero-order valence-corrected chi connectivity index (χ0v) is 49.1. The Balaban J connectivity index is 0.922. The Labute approximate surface area is 479 Å². The number of aromatic nitrogens is 1. The molecule has 0 radical (unpaired) electrons. The molecule has 3 amide bonds. The Morgan fingerprint density at radius 2 is 1.15 bits per heavy atom. The Kier molecular flexibility index (Phi) is 23.4. The molecule has 1 aromatic heterocycles. The van der Waals surface area contributed by atoms with Crippen LogP contribution >= 0.6 is 11.8 Å². The number of thioether (sulfide) groups is 1. The SMILES string of the molecule is C/C=C1\CC2C=Nc3cc(OCc4cc(OCCN(C)CC(C)(C)SCC(=O)N(C)CCOCCOCCOCCOCCC(=O)OC)cc(COc5cc6c(cc5OC)C(=O)N5C/C(=C/C)C[C@H]5C=N6)n4)c(OC)cc3C(=O)N2C1. The van der Waals surface area contributed by atoms with Gasteiger partial charge in [-0.2, -0.15) is 0 Å². The van der Waals surface area contributed by atoms with Crippen LogP contribution in [-0.4, -0.2) is 211 Å². The molecule has 440 valence electrons. The van der Waals surface area contributed by atoms with E-state index in [-0.39, 0.29) is 60.2 Å². The smallest absolute Gasteiger partial charge is 0.307 e. The minimum atomic E-state index is -0.308. The van der Waals surface area contributed by atoms with Crippen molar-refractivity contribution in [1.29, 1.82) is 0 Å². The molecule has 3 aromatic rings. The van der Waals surface area contributed by atoms with E-state index in [1.54, 1.807) is 48.0 Å². The lowest BCUT2D eigenvalue weighted by Gasteiger charge is -2.30. The van der Waals surface area contributed by atoms with Gasteiger partial charge in [0, 0.05) is 81.2 Å². The quantitative estimate of drug-likeness (QED) is 0.0353. The van der Waals surface area contributed by atoms with Gasteiger partial charge in [-0.25, -0.2) is 0 Å². The maximum atomic E-state index is 13.8. The molecule has 81 heavy (non-hydrogen) atoms.